The van der Waals surface area contributed by atoms with Gasteiger partial charge in [0, 0.05) is 12.1 Å². The van der Waals surface area contributed by atoms with E-state index in [9.17, 15) is 45.3 Å². The summed E-state index contributed by atoms with van der Waals surface area (Å²) in [5.41, 5.74) is -5.17. The molecule has 31 heavy (non-hydrogen) atoms. The number of benzene rings is 2. The second kappa shape index (κ2) is 7.43. The van der Waals surface area contributed by atoms with Crippen LogP contribution < -0.4 is 10.3 Å². The van der Waals surface area contributed by atoms with Crippen molar-refractivity contribution in [2.45, 2.75) is 0 Å². The summed E-state index contributed by atoms with van der Waals surface area (Å²) in [4.78, 5) is 59.6. The summed E-state index contributed by atoms with van der Waals surface area (Å²) < 4.78 is 4.96. The molecule has 0 saturated heterocycles. The number of methoxy groups -OCH3 is 1. The van der Waals surface area contributed by atoms with Gasteiger partial charge in [0.1, 0.15) is 5.82 Å². The number of fused-ring (bicyclic) bond motifs is 1. The standard InChI is InChI=1S/C15H8N6O10/c1-31-13-9(3-7(19(25)26)5-11(13)21(29)30)14-16-12-8(15(22)17-14)2-6(18(23)24)4-10(12)20(27)28/h2-5H,1H3,(H,16,17,22). The van der Waals surface area contributed by atoms with Crippen molar-refractivity contribution in [3.63, 3.8) is 0 Å². The van der Waals surface area contributed by atoms with Gasteiger partial charge in [0.15, 0.2) is 5.52 Å². The summed E-state index contributed by atoms with van der Waals surface area (Å²) in [6, 6.07) is 2.82. The smallest absolute Gasteiger partial charge is 0.318 e. The average Bonchev–Trinajstić information content (AvgIpc) is 2.71. The summed E-state index contributed by atoms with van der Waals surface area (Å²) >= 11 is 0. The number of ether oxygens (including phenoxy) is 1. The summed E-state index contributed by atoms with van der Waals surface area (Å²) in [6.07, 6.45) is 0. The molecule has 1 N–H and O–H groups in total. The molecule has 0 unspecified atom stereocenters. The van der Waals surface area contributed by atoms with Crippen molar-refractivity contribution in [3.05, 3.63) is 75.1 Å². The maximum absolute atomic E-state index is 12.5. The Morgan fingerprint density at radius 1 is 0.839 bits per heavy atom. The molecule has 2 aromatic carbocycles. The Hall–Kier alpha value is -5.02. The highest BCUT2D eigenvalue weighted by molar-refractivity contribution is 5.90. The molecule has 0 fully saturated rings. The third-order valence-electron chi connectivity index (χ3n) is 4.10. The van der Waals surface area contributed by atoms with Crippen LogP contribution in [0, 0.1) is 40.5 Å². The lowest BCUT2D eigenvalue weighted by atomic mass is 10.1. The van der Waals surface area contributed by atoms with Crippen LogP contribution in [0.15, 0.2) is 29.1 Å². The normalized spacial score (nSPS) is 10.6. The van der Waals surface area contributed by atoms with Gasteiger partial charge < -0.3 is 9.72 Å². The fourth-order valence-electron chi connectivity index (χ4n) is 2.81. The number of nitro groups is 4. The van der Waals surface area contributed by atoms with Crippen molar-refractivity contribution in [3.8, 4) is 17.1 Å². The Labute approximate surface area is 168 Å². The highest BCUT2D eigenvalue weighted by Crippen LogP contribution is 2.40. The van der Waals surface area contributed by atoms with Crippen molar-refractivity contribution in [2.75, 3.05) is 7.11 Å². The van der Waals surface area contributed by atoms with Crippen LogP contribution in [0.2, 0.25) is 0 Å². The van der Waals surface area contributed by atoms with Crippen LogP contribution in [0.4, 0.5) is 22.7 Å². The monoisotopic (exact) mass is 432 g/mol. The second-order valence-electron chi connectivity index (χ2n) is 5.85. The zero-order chi connectivity index (χ0) is 23.0. The second-order valence-corrected chi connectivity index (χ2v) is 5.85. The molecule has 0 aliphatic rings. The molecule has 1 heterocycles. The number of nitrogens with one attached hydrogen (secondary N) is 1. The number of non-ortho nitro benzene ring substituents is 3. The molecule has 0 amide bonds. The Balaban J connectivity index is 2.45. The van der Waals surface area contributed by atoms with Crippen molar-refractivity contribution in [1.29, 1.82) is 0 Å². The van der Waals surface area contributed by atoms with Crippen LogP contribution >= 0.6 is 0 Å². The number of hydrogen-bond donors (Lipinski definition) is 1. The molecule has 16 heteroatoms. The maximum atomic E-state index is 12.5. The van der Waals surface area contributed by atoms with Gasteiger partial charge in [0.2, 0.25) is 5.75 Å². The zero-order valence-electron chi connectivity index (χ0n) is 15.1. The SMILES string of the molecule is COc1c(-c2nc3c([N+](=O)[O-])cc([N+](=O)[O-])cc3c(=O)[nH]2)cc([N+](=O)[O-])cc1[N+](=O)[O-]. The number of aromatic amines is 1. The van der Waals surface area contributed by atoms with Gasteiger partial charge >= 0.3 is 11.4 Å². The van der Waals surface area contributed by atoms with Crippen molar-refractivity contribution in [1.82, 2.24) is 9.97 Å². The van der Waals surface area contributed by atoms with Gasteiger partial charge in [-0.2, -0.15) is 0 Å². The lowest BCUT2D eigenvalue weighted by Gasteiger charge is -2.09. The van der Waals surface area contributed by atoms with E-state index in [1.165, 1.54) is 0 Å². The van der Waals surface area contributed by atoms with Crippen LogP contribution in [-0.4, -0.2) is 36.8 Å². The van der Waals surface area contributed by atoms with E-state index in [1.807, 2.05) is 0 Å². The Morgan fingerprint density at radius 2 is 1.39 bits per heavy atom. The Bertz CT molecular complexity index is 1360. The van der Waals surface area contributed by atoms with Crippen molar-refractivity contribution >= 4 is 33.7 Å². The number of nitrogens with zero attached hydrogens (tertiary/aromatic N) is 5. The third kappa shape index (κ3) is 3.55. The number of nitro benzene ring substituents is 4. The molecule has 3 rings (SSSR count). The molecule has 0 saturated carbocycles. The quantitative estimate of drug-likeness (QED) is 0.438. The van der Waals surface area contributed by atoms with E-state index >= 15 is 0 Å². The molecular formula is C15H8N6O10. The molecule has 0 atom stereocenters. The van der Waals surface area contributed by atoms with Crippen molar-refractivity contribution in [2.24, 2.45) is 0 Å². The average molecular weight is 432 g/mol. The molecule has 3 aromatic rings. The van der Waals surface area contributed by atoms with E-state index in [4.69, 9.17) is 4.74 Å². The van der Waals surface area contributed by atoms with E-state index in [1.54, 1.807) is 0 Å². The largest absolute Gasteiger partial charge is 0.490 e. The minimum absolute atomic E-state index is 0.393. The predicted octanol–water partition coefficient (Wildman–Crippen LogP) is 2.23. The van der Waals surface area contributed by atoms with Crippen LogP contribution in [0.1, 0.15) is 0 Å². The Morgan fingerprint density at radius 3 is 1.90 bits per heavy atom. The van der Waals surface area contributed by atoms with Crippen LogP contribution in [0.25, 0.3) is 22.3 Å². The summed E-state index contributed by atoms with van der Waals surface area (Å²) in [7, 11) is 1.03. The number of H-pyrrole nitrogens is 1. The van der Waals surface area contributed by atoms with Gasteiger partial charge in [0.05, 0.1) is 49.9 Å². The zero-order valence-corrected chi connectivity index (χ0v) is 15.1. The molecule has 0 aliphatic carbocycles. The van der Waals surface area contributed by atoms with Gasteiger partial charge in [-0.3, -0.25) is 45.3 Å². The van der Waals surface area contributed by atoms with Crippen LogP contribution in [-0.2, 0) is 0 Å². The summed E-state index contributed by atoms with van der Waals surface area (Å²) in [5.74, 6) is -1.01. The summed E-state index contributed by atoms with van der Waals surface area (Å²) in [5, 5.41) is 44.4. The molecule has 0 bridgehead atoms. The van der Waals surface area contributed by atoms with Crippen LogP contribution in [0.5, 0.6) is 5.75 Å². The molecule has 0 spiro atoms. The lowest BCUT2D eigenvalue weighted by Crippen LogP contribution is -2.12. The number of hydrogen-bond acceptors (Lipinski definition) is 11. The lowest BCUT2D eigenvalue weighted by molar-refractivity contribution is -0.394. The minimum atomic E-state index is -1.05. The van der Waals surface area contributed by atoms with Crippen LogP contribution in [0.3, 0.4) is 0 Å². The first kappa shape index (κ1) is 20.7. The van der Waals surface area contributed by atoms with E-state index in [2.05, 4.69) is 9.97 Å². The molecule has 1 aromatic heterocycles. The third-order valence-corrected chi connectivity index (χ3v) is 4.10. The maximum Gasteiger partial charge on any atom is 0.318 e. The first-order valence-corrected chi connectivity index (χ1v) is 7.93. The van der Waals surface area contributed by atoms with E-state index in [0.29, 0.717) is 12.1 Å². The number of rotatable bonds is 6. The fourth-order valence-corrected chi connectivity index (χ4v) is 2.81. The first-order valence-electron chi connectivity index (χ1n) is 7.93. The van der Waals surface area contributed by atoms with E-state index in [0.717, 1.165) is 19.2 Å². The molecule has 16 nitrogen and oxygen atoms in total. The van der Waals surface area contributed by atoms with Gasteiger partial charge in [0.25, 0.3) is 16.9 Å². The first-order chi connectivity index (χ1) is 14.5. The van der Waals surface area contributed by atoms with E-state index < -0.39 is 76.0 Å². The minimum Gasteiger partial charge on any atom is -0.490 e. The predicted molar refractivity (Wildman–Crippen MR) is 101 cm³/mol. The number of aromatic nitrogens is 2. The fraction of sp³-hybridized carbons (Fsp3) is 0.0667. The topological polar surface area (TPSA) is 228 Å². The van der Waals surface area contributed by atoms with Crippen molar-refractivity contribution < 1.29 is 24.4 Å². The van der Waals surface area contributed by atoms with Gasteiger partial charge in [-0.25, -0.2) is 4.98 Å². The molecule has 0 aliphatic heterocycles. The molecule has 158 valence electrons. The highest BCUT2D eigenvalue weighted by Gasteiger charge is 2.29. The van der Waals surface area contributed by atoms with Gasteiger partial charge in [-0.15, -0.1) is 0 Å². The molecular weight excluding hydrogens is 424 g/mol. The van der Waals surface area contributed by atoms with E-state index in [-0.39, 0.29) is 0 Å². The Kier molecular flexibility index (Phi) is 4.96. The van der Waals surface area contributed by atoms with Gasteiger partial charge in [-0.1, -0.05) is 0 Å². The summed E-state index contributed by atoms with van der Waals surface area (Å²) in [6.45, 7) is 0. The highest BCUT2D eigenvalue weighted by atomic mass is 16.6. The molecule has 0 radical (unpaired) electrons. The van der Waals surface area contributed by atoms with Gasteiger partial charge in [-0.05, 0) is 0 Å².